The molecule has 1 rings (SSSR count). The van der Waals surface area contributed by atoms with E-state index in [4.69, 9.17) is 0 Å². The van der Waals surface area contributed by atoms with Crippen molar-refractivity contribution in [3.05, 3.63) is 11.8 Å². The molecule has 3 heteroatoms. The van der Waals surface area contributed by atoms with E-state index in [1.165, 1.54) is 0 Å². The molecule has 0 spiro atoms. The lowest BCUT2D eigenvalue weighted by molar-refractivity contribution is -0.0573. The second kappa shape index (κ2) is 6.03. The Morgan fingerprint density at radius 2 is 1.78 bits per heavy atom. The fraction of sp³-hybridized carbons (Fsp3) is 0.867. The average Bonchev–Trinajstić information content (AvgIpc) is 2.22. The molecule has 0 aromatic carbocycles. The monoisotopic (exact) mass is 259 g/mol. The highest BCUT2D eigenvalue weighted by atomic mass is 19.3. The highest BCUT2D eigenvalue weighted by molar-refractivity contribution is 5.05. The normalized spacial score (nSPS) is 23.2. The van der Waals surface area contributed by atoms with Gasteiger partial charge < -0.3 is 5.32 Å². The maximum atomic E-state index is 13.3. The van der Waals surface area contributed by atoms with Crippen molar-refractivity contribution < 1.29 is 8.78 Å². The van der Waals surface area contributed by atoms with Crippen LogP contribution in [0.4, 0.5) is 8.78 Å². The van der Waals surface area contributed by atoms with Gasteiger partial charge in [-0.15, -0.1) is 0 Å². The fourth-order valence-corrected chi connectivity index (χ4v) is 3.03. The van der Waals surface area contributed by atoms with Gasteiger partial charge in [-0.2, -0.15) is 0 Å². The first-order valence-corrected chi connectivity index (χ1v) is 7.11. The molecule has 0 atom stereocenters. The Morgan fingerprint density at radius 3 is 2.22 bits per heavy atom. The standard InChI is InChI=1S/C15H27F2N/c1-5-6-13(4)18-14(11-12(2)3)7-9-15(16,17)10-8-14/h6,12,18H,5,7-11H2,1-4H3/b13-6-. The van der Waals surface area contributed by atoms with Gasteiger partial charge in [0.15, 0.2) is 0 Å². The second-order valence-electron chi connectivity index (χ2n) is 6.15. The van der Waals surface area contributed by atoms with Gasteiger partial charge in [-0.05, 0) is 38.5 Å². The zero-order valence-corrected chi connectivity index (χ0v) is 12.2. The van der Waals surface area contributed by atoms with Crippen molar-refractivity contribution >= 4 is 0 Å². The summed E-state index contributed by atoms with van der Waals surface area (Å²) in [5.41, 5.74) is 1.01. The number of halogens is 2. The Bertz CT molecular complexity index is 285. The predicted octanol–water partition coefficient (Wildman–Crippen LogP) is 4.88. The van der Waals surface area contributed by atoms with Gasteiger partial charge in [0.05, 0.1) is 0 Å². The highest BCUT2D eigenvalue weighted by Crippen LogP contribution is 2.41. The molecule has 0 amide bonds. The SMILES string of the molecule is CC/C=C(/C)NC1(CC(C)C)CCC(F)(F)CC1. The molecule has 1 saturated carbocycles. The van der Waals surface area contributed by atoms with Crippen molar-refractivity contribution in [2.24, 2.45) is 5.92 Å². The first-order chi connectivity index (χ1) is 8.29. The molecular weight excluding hydrogens is 232 g/mol. The van der Waals surface area contributed by atoms with E-state index in [0.717, 1.165) is 18.5 Å². The molecule has 0 radical (unpaired) electrons. The van der Waals surface area contributed by atoms with Gasteiger partial charge in [-0.3, -0.25) is 0 Å². The topological polar surface area (TPSA) is 12.0 Å². The molecule has 1 aliphatic carbocycles. The Kier molecular flexibility index (Phi) is 5.18. The molecule has 18 heavy (non-hydrogen) atoms. The van der Waals surface area contributed by atoms with E-state index in [-0.39, 0.29) is 18.4 Å². The van der Waals surface area contributed by atoms with E-state index in [9.17, 15) is 8.78 Å². The Hall–Kier alpha value is -0.600. The molecule has 0 aromatic rings. The van der Waals surface area contributed by atoms with Crippen molar-refractivity contribution in [1.29, 1.82) is 0 Å². The summed E-state index contributed by atoms with van der Waals surface area (Å²) in [6, 6.07) is 0. The lowest BCUT2D eigenvalue weighted by Gasteiger charge is -2.43. The molecule has 0 unspecified atom stereocenters. The predicted molar refractivity (Wildman–Crippen MR) is 72.8 cm³/mol. The summed E-state index contributed by atoms with van der Waals surface area (Å²) in [5.74, 6) is -1.93. The molecule has 1 fully saturated rings. The molecule has 0 heterocycles. The molecule has 106 valence electrons. The molecule has 0 aromatic heterocycles. The van der Waals surface area contributed by atoms with Crippen LogP contribution >= 0.6 is 0 Å². The summed E-state index contributed by atoms with van der Waals surface area (Å²) in [6.45, 7) is 8.46. The maximum absolute atomic E-state index is 13.3. The van der Waals surface area contributed by atoms with E-state index < -0.39 is 5.92 Å². The summed E-state index contributed by atoms with van der Waals surface area (Å²) in [6.07, 6.45) is 5.28. The van der Waals surface area contributed by atoms with Gasteiger partial charge in [0.1, 0.15) is 0 Å². The Morgan fingerprint density at radius 1 is 1.22 bits per heavy atom. The van der Waals surface area contributed by atoms with Crippen molar-refractivity contribution in [2.75, 3.05) is 0 Å². The van der Waals surface area contributed by atoms with Gasteiger partial charge in [0, 0.05) is 24.1 Å². The van der Waals surface area contributed by atoms with Gasteiger partial charge in [-0.1, -0.05) is 26.8 Å². The minimum Gasteiger partial charge on any atom is -0.383 e. The molecule has 0 bridgehead atoms. The van der Waals surface area contributed by atoms with Crippen molar-refractivity contribution in [1.82, 2.24) is 5.32 Å². The number of rotatable bonds is 5. The van der Waals surface area contributed by atoms with Gasteiger partial charge in [0.25, 0.3) is 0 Å². The van der Waals surface area contributed by atoms with Crippen LogP contribution in [0.2, 0.25) is 0 Å². The summed E-state index contributed by atoms with van der Waals surface area (Å²) >= 11 is 0. The summed E-state index contributed by atoms with van der Waals surface area (Å²) in [7, 11) is 0. The van der Waals surface area contributed by atoms with E-state index in [1.807, 2.05) is 6.92 Å². The quantitative estimate of drug-likeness (QED) is 0.741. The molecule has 1 nitrogen and oxygen atoms in total. The third-order valence-corrected chi connectivity index (χ3v) is 3.71. The van der Waals surface area contributed by atoms with Crippen LogP contribution in [-0.2, 0) is 0 Å². The second-order valence-corrected chi connectivity index (χ2v) is 6.15. The Balaban J connectivity index is 2.75. The third kappa shape index (κ3) is 4.58. The number of alkyl halides is 2. The van der Waals surface area contributed by atoms with Gasteiger partial charge in [-0.25, -0.2) is 8.78 Å². The molecule has 1 aliphatic rings. The minimum atomic E-state index is -2.45. The lowest BCUT2D eigenvalue weighted by Crippen LogP contribution is -2.50. The van der Waals surface area contributed by atoms with Gasteiger partial charge in [0.2, 0.25) is 5.92 Å². The van der Waals surface area contributed by atoms with Crippen molar-refractivity contribution in [3.63, 3.8) is 0 Å². The summed E-state index contributed by atoms with van der Waals surface area (Å²) < 4.78 is 26.7. The number of allylic oxidation sites excluding steroid dienone is 2. The average molecular weight is 259 g/mol. The maximum Gasteiger partial charge on any atom is 0.248 e. The van der Waals surface area contributed by atoms with Crippen LogP contribution in [0.1, 0.15) is 66.2 Å². The molecular formula is C15H27F2N. The van der Waals surface area contributed by atoms with Crippen LogP contribution in [0.15, 0.2) is 11.8 Å². The Labute approximate surface area is 110 Å². The number of nitrogens with one attached hydrogen (secondary N) is 1. The van der Waals surface area contributed by atoms with E-state index in [2.05, 4.69) is 32.2 Å². The first-order valence-electron chi connectivity index (χ1n) is 7.11. The highest BCUT2D eigenvalue weighted by Gasteiger charge is 2.43. The van der Waals surface area contributed by atoms with Crippen LogP contribution in [0.5, 0.6) is 0 Å². The zero-order chi connectivity index (χ0) is 13.8. The third-order valence-electron chi connectivity index (χ3n) is 3.71. The number of hydrogen-bond acceptors (Lipinski definition) is 1. The van der Waals surface area contributed by atoms with Crippen molar-refractivity contribution in [3.8, 4) is 0 Å². The fourth-order valence-electron chi connectivity index (χ4n) is 3.03. The van der Waals surface area contributed by atoms with Crippen LogP contribution in [0.25, 0.3) is 0 Å². The van der Waals surface area contributed by atoms with E-state index in [1.54, 1.807) is 0 Å². The van der Waals surface area contributed by atoms with E-state index in [0.29, 0.717) is 18.8 Å². The van der Waals surface area contributed by atoms with Crippen molar-refractivity contribution in [2.45, 2.75) is 77.7 Å². The molecule has 0 aliphatic heterocycles. The zero-order valence-electron chi connectivity index (χ0n) is 12.2. The van der Waals surface area contributed by atoms with Crippen LogP contribution in [0.3, 0.4) is 0 Å². The van der Waals surface area contributed by atoms with Gasteiger partial charge >= 0.3 is 0 Å². The van der Waals surface area contributed by atoms with Crippen LogP contribution in [-0.4, -0.2) is 11.5 Å². The first kappa shape index (κ1) is 15.5. The largest absolute Gasteiger partial charge is 0.383 e. The van der Waals surface area contributed by atoms with Crippen LogP contribution in [0, 0.1) is 5.92 Å². The van der Waals surface area contributed by atoms with Crippen LogP contribution < -0.4 is 5.32 Å². The smallest absolute Gasteiger partial charge is 0.248 e. The summed E-state index contributed by atoms with van der Waals surface area (Å²) in [4.78, 5) is 0. The van der Waals surface area contributed by atoms with E-state index >= 15 is 0 Å². The lowest BCUT2D eigenvalue weighted by atomic mass is 9.75. The molecule has 1 N–H and O–H groups in total. The number of hydrogen-bond donors (Lipinski definition) is 1. The molecule has 0 saturated heterocycles. The summed E-state index contributed by atoms with van der Waals surface area (Å²) in [5, 5.41) is 3.53. The minimum absolute atomic E-state index is 0.0200.